The average molecular weight is 369 g/mol. The van der Waals surface area contributed by atoms with E-state index in [0.29, 0.717) is 5.56 Å². The van der Waals surface area contributed by atoms with Gasteiger partial charge in [-0.05, 0) is 80.6 Å². The third-order valence-electron chi connectivity index (χ3n) is 5.61. The highest BCUT2D eigenvalue weighted by Gasteiger charge is 2.07. The number of rotatable bonds is 2. The second kappa shape index (κ2) is 6.93. The Morgan fingerprint density at radius 2 is 1.28 bits per heavy atom. The lowest BCUT2D eigenvalue weighted by Crippen LogP contribution is -1.86. The minimum absolute atomic E-state index is 0.683. The van der Waals surface area contributed by atoms with E-state index < -0.39 is 0 Å². The van der Waals surface area contributed by atoms with Crippen LogP contribution in [0.15, 0.2) is 97.1 Å². The summed E-state index contributed by atoms with van der Waals surface area (Å²) in [7, 11) is 0. The average Bonchev–Trinajstić information content (AvgIpc) is 2.78. The molecule has 0 fully saturated rings. The number of fused-ring (bicyclic) bond motifs is 2. The van der Waals surface area contributed by atoms with E-state index in [4.69, 9.17) is 5.26 Å². The molecule has 29 heavy (non-hydrogen) atoms. The predicted molar refractivity (Wildman–Crippen MR) is 122 cm³/mol. The molecule has 0 atom stereocenters. The van der Waals surface area contributed by atoms with Gasteiger partial charge in [0.25, 0.3) is 0 Å². The number of hydrogen-bond acceptors (Lipinski definition) is 1. The third-order valence-corrected chi connectivity index (χ3v) is 5.61. The molecule has 0 bridgehead atoms. The molecule has 1 nitrogen and oxygen atoms in total. The van der Waals surface area contributed by atoms with E-state index in [-0.39, 0.29) is 0 Å². The molecule has 0 spiro atoms. The molecule has 0 saturated carbocycles. The van der Waals surface area contributed by atoms with Crippen molar-refractivity contribution in [2.24, 2.45) is 0 Å². The van der Waals surface area contributed by atoms with Crippen molar-refractivity contribution in [1.29, 1.82) is 5.26 Å². The minimum Gasteiger partial charge on any atom is -0.192 e. The lowest BCUT2D eigenvalue weighted by Gasteiger charge is -2.11. The van der Waals surface area contributed by atoms with Crippen molar-refractivity contribution in [1.82, 2.24) is 0 Å². The second-order valence-electron chi connectivity index (χ2n) is 7.44. The fourth-order valence-corrected chi connectivity index (χ4v) is 4.11. The topological polar surface area (TPSA) is 23.8 Å². The van der Waals surface area contributed by atoms with Gasteiger partial charge in [-0.25, -0.2) is 0 Å². The van der Waals surface area contributed by atoms with Gasteiger partial charge in [-0.15, -0.1) is 0 Å². The van der Waals surface area contributed by atoms with E-state index in [1.165, 1.54) is 43.8 Å². The molecule has 5 rings (SSSR count). The molecule has 0 aromatic heterocycles. The van der Waals surface area contributed by atoms with Gasteiger partial charge in [0.15, 0.2) is 0 Å². The highest BCUT2D eigenvalue weighted by molar-refractivity contribution is 5.99. The van der Waals surface area contributed by atoms with E-state index in [1.54, 1.807) is 0 Å². The summed E-state index contributed by atoms with van der Waals surface area (Å²) in [6.07, 6.45) is 0. The smallest absolute Gasteiger partial charge is 0.0991 e. The Kier molecular flexibility index (Phi) is 4.12. The highest BCUT2D eigenvalue weighted by atomic mass is 14.2. The van der Waals surface area contributed by atoms with E-state index in [9.17, 15) is 0 Å². The normalized spacial score (nSPS) is 10.9. The van der Waals surface area contributed by atoms with Gasteiger partial charge in [0.05, 0.1) is 11.6 Å². The summed E-state index contributed by atoms with van der Waals surface area (Å²) in [5, 5.41) is 14.1. The van der Waals surface area contributed by atoms with E-state index in [1.807, 2.05) is 24.3 Å². The van der Waals surface area contributed by atoms with Crippen LogP contribution in [0, 0.1) is 18.3 Å². The number of nitrogens with zero attached hydrogens (tertiary/aromatic N) is 1. The molecule has 0 heterocycles. The van der Waals surface area contributed by atoms with Crippen molar-refractivity contribution in [3.63, 3.8) is 0 Å². The summed E-state index contributed by atoms with van der Waals surface area (Å²) in [4.78, 5) is 0. The van der Waals surface area contributed by atoms with Crippen molar-refractivity contribution >= 4 is 21.5 Å². The van der Waals surface area contributed by atoms with Crippen LogP contribution in [0.25, 0.3) is 43.8 Å². The Hall–Kier alpha value is -3.89. The van der Waals surface area contributed by atoms with Crippen LogP contribution in [0.5, 0.6) is 0 Å². The van der Waals surface area contributed by atoms with E-state index >= 15 is 0 Å². The lowest BCUT2D eigenvalue weighted by atomic mass is 9.93. The van der Waals surface area contributed by atoms with Gasteiger partial charge in [-0.3, -0.25) is 0 Å². The monoisotopic (exact) mass is 369 g/mol. The molecule has 0 N–H and O–H groups in total. The van der Waals surface area contributed by atoms with Crippen LogP contribution in [-0.4, -0.2) is 0 Å². The van der Waals surface area contributed by atoms with Gasteiger partial charge >= 0.3 is 0 Å². The molecule has 1 heteroatoms. The lowest BCUT2D eigenvalue weighted by molar-refractivity contribution is 1.48. The van der Waals surface area contributed by atoms with Crippen molar-refractivity contribution < 1.29 is 0 Å². The Morgan fingerprint density at radius 3 is 2.10 bits per heavy atom. The van der Waals surface area contributed by atoms with E-state index in [0.717, 1.165) is 5.56 Å². The molecule has 0 aliphatic carbocycles. The quantitative estimate of drug-likeness (QED) is 0.316. The Morgan fingerprint density at radius 1 is 0.586 bits per heavy atom. The molecule has 0 amide bonds. The summed E-state index contributed by atoms with van der Waals surface area (Å²) in [5.74, 6) is 0. The predicted octanol–water partition coefficient (Wildman–Crippen LogP) is 7.51. The first-order valence-electron chi connectivity index (χ1n) is 9.76. The van der Waals surface area contributed by atoms with Crippen molar-refractivity contribution in [3.8, 4) is 28.3 Å². The minimum atomic E-state index is 0.683. The summed E-state index contributed by atoms with van der Waals surface area (Å²) < 4.78 is 0. The number of aryl methyl sites for hydroxylation is 1. The fraction of sp³-hybridized carbons (Fsp3) is 0.0357. The summed E-state index contributed by atoms with van der Waals surface area (Å²) >= 11 is 0. The number of nitriles is 1. The molecule has 136 valence electrons. The standard InChI is InChI=1S/C28H19N/c1-19-15-25(17-23-5-2-3-7-26(19)23)22-13-14-28-24(16-22)6-4-8-27(28)21-11-9-20(18-29)10-12-21/h2-17H,1H3. The highest BCUT2D eigenvalue weighted by Crippen LogP contribution is 2.33. The Labute approximate surface area is 170 Å². The zero-order valence-electron chi connectivity index (χ0n) is 16.2. The van der Waals surface area contributed by atoms with Crippen LogP contribution in [0.1, 0.15) is 11.1 Å². The van der Waals surface area contributed by atoms with Gasteiger partial charge in [0, 0.05) is 0 Å². The Balaban J connectivity index is 1.64. The van der Waals surface area contributed by atoms with Crippen LogP contribution >= 0.6 is 0 Å². The number of benzene rings is 5. The third kappa shape index (κ3) is 3.06. The maximum atomic E-state index is 9.05. The van der Waals surface area contributed by atoms with Crippen molar-refractivity contribution in [2.45, 2.75) is 6.92 Å². The van der Waals surface area contributed by atoms with Gasteiger partial charge in [-0.2, -0.15) is 5.26 Å². The van der Waals surface area contributed by atoms with Crippen LogP contribution in [-0.2, 0) is 0 Å². The molecular formula is C28H19N. The van der Waals surface area contributed by atoms with Crippen LogP contribution in [0.3, 0.4) is 0 Å². The first-order valence-corrected chi connectivity index (χ1v) is 9.76. The Bertz CT molecular complexity index is 1400. The van der Waals surface area contributed by atoms with Gasteiger partial charge in [0.2, 0.25) is 0 Å². The molecule has 0 unspecified atom stereocenters. The summed E-state index contributed by atoms with van der Waals surface area (Å²) in [5.41, 5.74) is 6.76. The van der Waals surface area contributed by atoms with Crippen LogP contribution < -0.4 is 0 Å². The molecule has 5 aromatic carbocycles. The summed E-state index contributed by atoms with van der Waals surface area (Å²) in [6, 6.07) is 36.2. The van der Waals surface area contributed by atoms with Crippen molar-refractivity contribution in [3.05, 3.63) is 108 Å². The molecule has 0 aliphatic rings. The second-order valence-corrected chi connectivity index (χ2v) is 7.44. The largest absolute Gasteiger partial charge is 0.192 e. The first-order chi connectivity index (χ1) is 14.2. The maximum Gasteiger partial charge on any atom is 0.0991 e. The fourth-order valence-electron chi connectivity index (χ4n) is 4.11. The SMILES string of the molecule is Cc1cc(-c2ccc3c(-c4ccc(C#N)cc4)cccc3c2)cc2ccccc12. The summed E-state index contributed by atoms with van der Waals surface area (Å²) in [6.45, 7) is 2.18. The van der Waals surface area contributed by atoms with Gasteiger partial charge in [-0.1, -0.05) is 72.8 Å². The zero-order valence-corrected chi connectivity index (χ0v) is 16.2. The number of hydrogen-bond donors (Lipinski definition) is 0. The first kappa shape index (κ1) is 17.2. The van der Waals surface area contributed by atoms with E-state index in [2.05, 4.69) is 85.8 Å². The van der Waals surface area contributed by atoms with Crippen molar-refractivity contribution in [2.75, 3.05) is 0 Å². The molecule has 0 radical (unpaired) electrons. The molecule has 0 aliphatic heterocycles. The molecule has 0 saturated heterocycles. The molecular weight excluding hydrogens is 350 g/mol. The molecule has 5 aromatic rings. The van der Waals surface area contributed by atoms with Gasteiger partial charge in [0.1, 0.15) is 0 Å². The van der Waals surface area contributed by atoms with Gasteiger partial charge < -0.3 is 0 Å². The van der Waals surface area contributed by atoms with Crippen LogP contribution in [0.4, 0.5) is 0 Å². The zero-order chi connectivity index (χ0) is 19.8. The maximum absolute atomic E-state index is 9.05. The van der Waals surface area contributed by atoms with Crippen LogP contribution in [0.2, 0.25) is 0 Å².